The first kappa shape index (κ1) is 24.3. The molecule has 3 aromatic carbocycles. The predicted octanol–water partition coefficient (Wildman–Crippen LogP) is 5.66. The summed E-state index contributed by atoms with van der Waals surface area (Å²) >= 11 is 0. The average molecular weight is 467 g/mol. The highest BCUT2D eigenvalue weighted by Gasteiger charge is 2.23. The molecule has 0 heterocycles. The Balaban J connectivity index is 1.82. The second kappa shape index (κ2) is 9.27. The summed E-state index contributed by atoms with van der Waals surface area (Å²) in [5, 5.41) is 2.80. The molecule has 33 heavy (non-hydrogen) atoms. The van der Waals surface area contributed by atoms with Crippen LogP contribution in [-0.4, -0.2) is 21.4 Å². The summed E-state index contributed by atoms with van der Waals surface area (Å²) in [4.78, 5) is 12.9. The number of carbonyl (C=O) groups excluding carboxylic acids is 1. The Morgan fingerprint density at radius 3 is 2.18 bits per heavy atom. The Kier molecular flexibility index (Phi) is 6.84. The number of para-hydroxylation sites is 2. The molecule has 0 aromatic heterocycles. The summed E-state index contributed by atoms with van der Waals surface area (Å²) in [5.74, 6) is 0.233. The van der Waals surface area contributed by atoms with Crippen molar-refractivity contribution in [1.82, 2.24) is 0 Å². The molecule has 0 saturated heterocycles. The molecule has 0 radical (unpaired) electrons. The highest BCUT2D eigenvalue weighted by Crippen LogP contribution is 2.30. The van der Waals surface area contributed by atoms with Gasteiger partial charge in [0.2, 0.25) is 0 Å². The van der Waals surface area contributed by atoms with Crippen molar-refractivity contribution in [2.75, 3.05) is 17.1 Å². The smallest absolute Gasteiger partial charge is 0.262 e. The molecule has 0 aliphatic rings. The monoisotopic (exact) mass is 466 g/mol. The van der Waals surface area contributed by atoms with Crippen molar-refractivity contribution in [2.45, 2.75) is 44.9 Å². The number of anilines is 2. The Morgan fingerprint density at radius 2 is 1.58 bits per heavy atom. The molecule has 3 rings (SSSR count). The van der Waals surface area contributed by atoms with E-state index >= 15 is 0 Å². The van der Waals surface area contributed by atoms with Gasteiger partial charge in [-0.05, 0) is 78.4 Å². The van der Waals surface area contributed by atoms with Crippen molar-refractivity contribution < 1.29 is 17.9 Å². The van der Waals surface area contributed by atoms with Gasteiger partial charge in [-0.2, -0.15) is 0 Å². The molecular weight excluding hydrogens is 436 g/mol. The van der Waals surface area contributed by atoms with Crippen molar-refractivity contribution in [3.8, 4) is 5.75 Å². The van der Waals surface area contributed by atoms with Gasteiger partial charge in [0, 0.05) is 11.3 Å². The molecule has 1 amide bonds. The highest BCUT2D eigenvalue weighted by atomic mass is 32.2. The minimum absolute atomic E-state index is 0.181. The summed E-state index contributed by atoms with van der Waals surface area (Å²) in [5.41, 5.74) is 3.73. The summed E-state index contributed by atoms with van der Waals surface area (Å²) in [7, 11) is -2.27. The van der Waals surface area contributed by atoms with E-state index < -0.39 is 10.0 Å². The molecule has 7 heteroatoms. The normalized spacial score (nSPS) is 11.7. The van der Waals surface area contributed by atoms with E-state index in [1.807, 2.05) is 26.0 Å². The number of nitrogens with one attached hydrogen (secondary N) is 2. The minimum Gasteiger partial charge on any atom is -0.495 e. The molecule has 0 bridgehead atoms. The SMILES string of the molecule is COc1ccccc1NC(=O)c1ccc(NS(=O)(=O)c2cc(C(C)(C)C)cc(C)c2C)cc1. The molecule has 0 unspecified atom stereocenters. The summed E-state index contributed by atoms with van der Waals surface area (Å²) in [6.07, 6.45) is 0. The maximum atomic E-state index is 13.2. The second-order valence-corrected chi connectivity index (χ2v) is 10.7. The van der Waals surface area contributed by atoms with E-state index in [1.54, 1.807) is 48.5 Å². The van der Waals surface area contributed by atoms with Gasteiger partial charge in [0.05, 0.1) is 17.7 Å². The summed E-state index contributed by atoms with van der Waals surface area (Å²) in [6.45, 7) is 9.88. The second-order valence-electron chi connectivity index (χ2n) is 9.00. The van der Waals surface area contributed by atoms with Gasteiger partial charge >= 0.3 is 0 Å². The van der Waals surface area contributed by atoms with Gasteiger partial charge in [-0.3, -0.25) is 9.52 Å². The van der Waals surface area contributed by atoms with Gasteiger partial charge < -0.3 is 10.1 Å². The molecule has 3 aromatic rings. The third-order valence-electron chi connectivity index (χ3n) is 5.53. The van der Waals surface area contributed by atoms with E-state index in [2.05, 4.69) is 30.8 Å². The number of hydrogen-bond acceptors (Lipinski definition) is 4. The maximum Gasteiger partial charge on any atom is 0.262 e. The van der Waals surface area contributed by atoms with Crippen LogP contribution >= 0.6 is 0 Å². The van der Waals surface area contributed by atoms with Crippen LogP contribution in [0.2, 0.25) is 0 Å². The molecule has 174 valence electrons. The zero-order chi connectivity index (χ0) is 24.4. The number of aryl methyl sites for hydroxylation is 1. The molecular formula is C26H30N2O4S. The van der Waals surface area contributed by atoms with Crippen LogP contribution < -0.4 is 14.8 Å². The highest BCUT2D eigenvalue weighted by molar-refractivity contribution is 7.92. The lowest BCUT2D eigenvalue weighted by Gasteiger charge is -2.22. The molecule has 0 aliphatic heterocycles. The number of benzene rings is 3. The standard InChI is InChI=1S/C26H30N2O4S/c1-17-15-20(26(3,4)5)16-24(18(17)2)33(30,31)28-21-13-11-19(12-14-21)25(29)27-22-9-7-8-10-23(22)32-6/h7-16,28H,1-6H3,(H,27,29). The van der Waals surface area contributed by atoms with Crippen LogP contribution in [0, 0.1) is 13.8 Å². The largest absolute Gasteiger partial charge is 0.495 e. The maximum absolute atomic E-state index is 13.2. The van der Waals surface area contributed by atoms with Crippen molar-refractivity contribution in [2.24, 2.45) is 0 Å². The van der Waals surface area contributed by atoms with Crippen LogP contribution in [0.4, 0.5) is 11.4 Å². The minimum atomic E-state index is -3.81. The van der Waals surface area contributed by atoms with E-state index in [0.29, 0.717) is 28.3 Å². The van der Waals surface area contributed by atoms with Crippen LogP contribution in [0.1, 0.15) is 47.8 Å². The van der Waals surface area contributed by atoms with Gasteiger partial charge in [-0.15, -0.1) is 0 Å². The first-order chi connectivity index (χ1) is 15.4. The topological polar surface area (TPSA) is 84.5 Å². The first-order valence-electron chi connectivity index (χ1n) is 10.6. The molecule has 0 fully saturated rings. The van der Waals surface area contributed by atoms with E-state index in [9.17, 15) is 13.2 Å². The molecule has 0 aliphatic carbocycles. The number of amides is 1. The Morgan fingerprint density at radius 1 is 0.939 bits per heavy atom. The lowest BCUT2D eigenvalue weighted by Crippen LogP contribution is -2.18. The predicted molar refractivity (Wildman–Crippen MR) is 133 cm³/mol. The van der Waals surface area contributed by atoms with E-state index in [0.717, 1.165) is 11.1 Å². The number of ether oxygens (including phenoxy) is 1. The first-order valence-corrected chi connectivity index (χ1v) is 12.1. The van der Waals surface area contributed by atoms with Crippen molar-refractivity contribution in [3.05, 3.63) is 82.9 Å². The van der Waals surface area contributed by atoms with Gasteiger partial charge in [-0.1, -0.05) is 39.0 Å². The zero-order valence-electron chi connectivity index (χ0n) is 19.8. The van der Waals surface area contributed by atoms with E-state index in [1.165, 1.54) is 7.11 Å². The van der Waals surface area contributed by atoms with Crippen LogP contribution in [0.15, 0.2) is 65.6 Å². The fourth-order valence-electron chi connectivity index (χ4n) is 3.38. The molecule has 6 nitrogen and oxygen atoms in total. The Labute approximate surface area is 196 Å². The van der Waals surface area contributed by atoms with Gasteiger partial charge in [0.25, 0.3) is 15.9 Å². The average Bonchev–Trinajstić information content (AvgIpc) is 2.75. The number of hydrogen-bond donors (Lipinski definition) is 2. The van der Waals surface area contributed by atoms with Crippen LogP contribution in [0.3, 0.4) is 0 Å². The molecule has 2 N–H and O–H groups in total. The molecule has 0 atom stereocenters. The van der Waals surface area contributed by atoms with Crippen LogP contribution in [0.5, 0.6) is 5.75 Å². The lowest BCUT2D eigenvalue weighted by molar-refractivity contribution is 0.102. The van der Waals surface area contributed by atoms with E-state index in [4.69, 9.17) is 4.74 Å². The lowest BCUT2D eigenvalue weighted by atomic mass is 9.85. The Hall–Kier alpha value is -3.32. The number of rotatable bonds is 6. The van der Waals surface area contributed by atoms with Crippen LogP contribution in [-0.2, 0) is 15.4 Å². The van der Waals surface area contributed by atoms with Gasteiger partial charge in [0.15, 0.2) is 0 Å². The fourth-order valence-corrected chi connectivity index (χ4v) is 4.78. The van der Waals surface area contributed by atoms with Crippen molar-refractivity contribution in [1.29, 1.82) is 0 Å². The van der Waals surface area contributed by atoms with Crippen molar-refractivity contribution in [3.63, 3.8) is 0 Å². The Bertz CT molecular complexity index is 1270. The molecule has 0 saturated carbocycles. The number of carbonyl (C=O) groups is 1. The molecule has 0 spiro atoms. The third kappa shape index (κ3) is 5.54. The summed E-state index contributed by atoms with van der Waals surface area (Å²) < 4.78 is 34.2. The van der Waals surface area contributed by atoms with Gasteiger partial charge in [-0.25, -0.2) is 8.42 Å². The number of methoxy groups -OCH3 is 1. The number of sulfonamides is 1. The summed E-state index contributed by atoms with van der Waals surface area (Å²) in [6, 6.07) is 17.2. The third-order valence-corrected chi connectivity index (χ3v) is 7.04. The van der Waals surface area contributed by atoms with Crippen LogP contribution in [0.25, 0.3) is 0 Å². The van der Waals surface area contributed by atoms with E-state index in [-0.39, 0.29) is 16.2 Å². The fraction of sp³-hybridized carbons (Fsp3) is 0.269. The van der Waals surface area contributed by atoms with Crippen molar-refractivity contribution >= 4 is 27.3 Å². The van der Waals surface area contributed by atoms with Gasteiger partial charge in [0.1, 0.15) is 5.75 Å². The quantitative estimate of drug-likeness (QED) is 0.491. The zero-order valence-corrected chi connectivity index (χ0v) is 20.6.